The Morgan fingerprint density at radius 3 is 2.79 bits per heavy atom. The monoisotopic (exact) mass is 445 g/mol. The van der Waals surface area contributed by atoms with Gasteiger partial charge < -0.3 is 19.9 Å². The maximum Gasteiger partial charge on any atom is 0.227 e. The number of H-pyrrole nitrogens is 1. The SMILES string of the molecule is Cc1c[nH]c2ncnc(N3CCC(C(=O)Nc4cccc(Oc5ccccc5F)c4)CC3)c12. The fourth-order valence-electron chi connectivity index (χ4n) is 4.23. The van der Waals surface area contributed by atoms with Gasteiger partial charge in [-0.2, -0.15) is 0 Å². The van der Waals surface area contributed by atoms with Crippen LogP contribution in [0.4, 0.5) is 15.9 Å². The number of piperidine rings is 1. The van der Waals surface area contributed by atoms with Gasteiger partial charge in [-0.15, -0.1) is 0 Å². The predicted molar refractivity (Wildman–Crippen MR) is 125 cm³/mol. The zero-order valence-corrected chi connectivity index (χ0v) is 18.2. The first-order valence-corrected chi connectivity index (χ1v) is 11.0. The number of hydrogen-bond donors (Lipinski definition) is 2. The molecule has 2 aromatic carbocycles. The first-order chi connectivity index (χ1) is 16.1. The van der Waals surface area contributed by atoms with Gasteiger partial charge in [-0.3, -0.25) is 4.79 Å². The number of rotatable bonds is 5. The zero-order chi connectivity index (χ0) is 22.8. The molecule has 1 amide bonds. The summed E-state index contributed by atoms with van der Waals surface area (Å²) in [6.07, 6.45) is 4.97. The second-order valence-corrected chi connectivity index (χ2v) is 8.20. The van der Waals surface area contributed by atoms with E-state index in [4.69, 9.17) is 4.74 Å². The van der Waals surface area contributed by atoms with Crippen molar-refractivity contribution < 1.29 is 13.9 Å². The van der Waals surface area contributed by atoms with Gasteiger partial charge in [0.1, 0.15) is 23.5 Å². The molecule has 3 heterocycles. The number of benzene rings is 2. The van der Waals surface area contributed by atoms with E-state index in [0.29, 0.717) is 11.4 Å². The minimum atomic E-state index is -0.436. The van der Waals surface area contributed by atoms with Crippen molar-refractivity contribution in [2.75, 3.05) is 23.3 Å². The van der Waals surface area contributed by atoms with Crippen LogP contribution in [0.5, 0.6) is 11.5 Å². The minimum absolute atomic E-state index is 0.0247. The highest BCUT2D eigenvalue weighted by atomic mass is 19.1. The number of nitrogens with one attached hydrogen (secondary N) is 2. The van der Waals surface area contributed by atoms with Crippen LogP contribution in [0, 0.1) is 18.7 Å². The van der Waals surface area contributed by atoms with Gasteiger partial charge in [-0.25, -0.2) is 14.4 Å². The Labute approximate surface area is 190 Å². The number of carbonyl (C=O) groups is 1. The molecule has 0 atom stereocenters. The van der Waals surface area contributed by atoms with Crippen molar-refractivity contribution >= 4 is 28.4 Å². The average molecular weight is 445 g/mol. The molecule has 0 spiro atoms. The minimum Gasteiger partial charge on any atom is -0.454 e. The number of aromatic amines is 1. The van der Waals surface area contributed by atoms with Crippen molar-refractivity contribution in [2.24, 2.45) is 5.92 Å². The molecule has 1 fully saturated rings. The van der Waals surface area contributed by atoms with Crippen LogP contribution >= 0.6 is 0 Å². The Morgan fingerprint density at radius 2 is 1.97 bits per heavy atom. The lowest BCUT2D eigenvalue weighted by Gasteiger charge is -2.32. The lowest BCUT2D eigenvalue weighted by Crippen LogP contribution is -2.38. The Morgan fingerprint density at radius 1 is 1.15 bits per heavy atom. The van der Waals surface area contributed by atoms with Crippen LogP contribution < -0.4 is 15.0 Å². The quantitative estimate of drug-likeness (QED) is 0.449. The lowest BCUT2D eigenvalue weighted by atomic mass is 9.95. The van der Waals surface area contributed by atoms with Crippen molar-refractivity contribution in [3.05, 3.63) is 72.4 Å². The number of para-hydroxylation sites is 1. The average Bonchev–Trinajstić information content (AvgIpc) is 3.22. The van der Waals surface area contributed by atoms with Crippen molar-refractivity contribution in [3.8, 4) is 11.5 Å². The summed E-state index contributed by atoms with van der Waals surface area (Å²) in [7, 11) is 0. The number of anilines is 2. The molecule has 2 aromatic heterocycles. The van der Waals surface area contributed by atoms with Gasteiger partial charge in [-0.05, 0) is 49.6 Å². The van der Waals surface area contributed by atoms with Crippen molar-refractivity contribution in [3.63, 3.8) is 0 Å². The van der Waals surface area contributed by atoms with E-state index in [9.17, 15) is 9.18 Å². The summed E-state index contributed by atoms with van der Waals surface area (Å²) < 4.78 is 19.5. The number of halogens is 1. The zero-order valence-electron chi connectivity index (χ0n) is 18.2. The fourth-order valence-corrected chi connectivity index (χ4v) is 4.23. The van der Waals surface area contributed by atoms with Crippen molar-refractivity contribution in [1.29, 1.82) is 0 Å². The van der Waals surface area contributed by atoms with E-state index in [1.54, 1.807) is 48.8 Å². The molecule has 4 aromatic rings. The summed E-state index contributed by atoms with van der Waals surface area (Å²) in [5, 5.41) is 4.01. The molecular weight excluding hydrogens is 421 g/mol. The van der Waals surface area contributed by atoms with E-state index < -0.39 is 5.82 Å². The summed E-state index contributed by atoms with van der Waals surface area (Å²) in [6.45, 7) is 3.52. The molecule has 0 radical (unpaired) electrons. The molecule has 8 heteroatoms. The third-order valence-electron chi connectivity index (χ3n) is 5.98. The summed E-state index contributed by atoms with van der Waals surface area (Å²) in [4.78, 5) is 27.1. The lowest BCUT2D eigenvalue weighted by molar-refractivity contribution is -0.120. The summed E-state index contributed by atoms with van der Waals surface area (Å²) in [6, 6.07) is 13.2. The Hall–Kier alpha value is -3.94. The highest BCUT2D eigenvalue weighted by Gasteiger charge is 2.27. The molecule has 0 aliphatic carbocycles. The highest BCUT2D eigenvalue weighted by molar-refractivity contribution is 5.93. The number of carbonyl (C=O) groups excluding carboxylic acids is 1. The molecule has 5 rings (SSSR count). The second kappa shape index (κ2) is 8.90. The van der Waals surface area contributed by atoms with E-state index in [0.717, 1.165) is 48.3 Å². The Balaban J connectivity index is 1.22. The summed E-state index contributed by atoms with van der Waals surface area (Å²) in [5.41, 5.74) is 2.56. The molecule has 0 bridgehead atoms. The summed E-state index contributed by atoms with van der Waals surface area (Å²) >= 11 is 0. The second-order valence-electron chi connectivity index (χ2n) is 8.20. The van der Waals surface area contributed by atoms with E-state index in [1.165, 1.54) is 6.07 Å². The molecule has 7 nitrogen and oxygen atoms in total. The van der Waals surface area contributed by atoms with Crippen LogP contribution in [0.3, 0.4) is 0 Å². The summed E-state index contributed by atoms with van der Waals surface area (Å²) in [5.74, 6) is 0.961. The van der Waals surface area contributed by atoms with Gasteiger partial charge in [0, 0.05) is 37.0 Å². The van der Waals surface area contributed by atoms with Gasteiger partial charge in [0.15, 0.2) is 11.6 Å². The largest absolute Gasteiger partial charge is 0.454 e. The Bertz CT molecular complexity index is 1300. The fraction of sp³-hybridized carbons (Fsp3) is 0.240. The standard InChI is InChI=1S/C25H24FN5O2/c1-16-14-27-23-22(16)24(29-15-28-23)31-11-9-17(10-12-31)25(32)30-18-5-4-6-19(13-18)33-21-8-3-2-7-20(21)26/h2-8,13-15,17H,9-12H2,1H3,(H,30,32)(H,27,28,29). The van der Waals surface area contributed by atoms with Gasteiger partial charge in [0.2, 0.25) is 5.91 Å². The van der Waals surface area contributed by atoms with E-state index in [2.05, 4.69) is 25.2 Å². The van der Waals surface area contributed by atoms with Crippen molar-refractivity contribution in [1.82, 2.24) is 15.0 Å². The molecule has 33 heavy (non-hydrogen) atoms. The van der Waals surface area contributed by atoms with Crippen LogP contribution in [0.2, 0.25) is 0 Å². The molecular formula is C25H24FN5O2. The van der Waals surface area contributed by atoms with E-state index >= 15 is 0 Å². The number of amides is 1. The molecule has 1 saturated heterocycles. The topological polar surface area (TPSA) is 83.1 Å². The van der Waals surface area contributed by atoms with Crippen LogP contribution in [-0.2, 0) is 4.79 Å². The van der Waals surface area contributed by atoms with Crippen LogP contribution in [-0.4, -0.2) is 33.9 Å². The maximum absolute atomic E-state index is 13.9. The van der Waals surface area contributed by atoms with E-state index in [1.807, 2.05) is 13.1 Å². The number of hydrogen-bond acceptors (Lipinski definition) is 5. The Kier molecular flexibility index (Phi) is 5.64. The number of aryl methyl sites for hydroxylation is 1. The van der Waals surface area contributed by atoms with Gasteiger partial charge in [0.25, 0.3) is 0 Å². The molecule has 1 aliphatic heterocycles. The van der Waals surface area contributed by atoms with Gasteiger partial charge >= 0.3 is 0 Å². The van der Waals surface area contributed by atoms with Gasteiger partial charge in [0.05, 0.1) is 5.39 Å². The third-order valence-corrected chi connectivity index (χ3v) is 5.98. The molecule has 2 N–H and O–H groups in total. The highest BCUT2D eigenvalue weighted by Crippen LogP contribution is 2.30. The van der Waals surface area contributed by atoms with E-state index in [-0.39, 0.29) is 17.6 Å². The van der Waals surface area contributed by atoms with Gasteiger partial charge in [-0.1, -0.05) is 18.2 Å². The third kappa shape index (κ3) is 4.37. The smallest absolute Gasteiger partial charge is 0.227 e. The number of nitrogens with zero attached hydrogens (tertiary/aromatic N) is 3. The van der Waals surface area contributed by atoms with Crippen LogP contribution in [0.1, 0.15) is 18.4 Å². The normalized spacial score (nSPS) is 14.4. The van der Waals surface area contributed by atoms with Crippen LogP contribution in [0.25, 0.3) is 11.0 Å². The molecule has 168 valence electrons. The van der Waals surface area contributed by atoms with Crippen LogP contribution in [0.15, 0.2) is 61.1 Å². The number of ether oxygens (including phenoxy) is 1. The first-order valence-electron chi connectivity index (χ1n) is 11.0. The number of fused-ring (bicyclic) bond motifs is 1. The van der Waals surface area contributed by atoms with Crippen molar-refractivity contribution in [2.45, 2.75) is 19.8 Å². The molecule has 1 aliphatic rings. The molecule has 0 unspecified atom stereocenters. The predicted octanol–water partition coefficient (Wildman–Crippen LogP) is 5.05. The number of aromatic nitrogens is 3. The molecule has 0 saturated carbocycles. The first kappa shape index (κ1) is 20.9. The maximum atomic E-state index is 13.9.